The van der Waals surface area contributed by atoms with Crippen LogP contribution in [0, 0.1) is 16.7 Å². The van der Waals surface area contributed by atoms with Crippen LogP contribution in [0.4, 0.5) is 0 Å². The lowest BCUT2D eigenvalue weighted by Crippen LogP contribution is -2.83. The Bertz CT molecular complexity index is 1450. The van der Waals surface area contributed by atoms with E-state index in [2.05, 4.69) is 48.2 Å². The highest BCUT2D eigenvalue weighted by Crippen LogP contribution is 2.78. The van der Waals surface area contributed by atoms with E-state index in [1.165, 1.54) is 36.1 Å². The van der Waals surface area contributed by atoms with Crippen molar-refractivity contribution in [2.24, 2.45) is 16.7 Å². The molecular formula is C37H49NO6S. The van der Waals surface area contributed by atoms with E-state index < -0.39 is 22.4 Å². The first-order valence-corrected chi connectivity index (χ1v) is 18.4. The van der Waals surface area contributed by atoms with Crippen molar-refractivity contribution >= 4 is 11.4 Å². The van der Waals surface area contributed by atoms with Crippen LogP contribution >= 0.6 is 0 Å². The smallest absolute Gasteiger partial charge is 0.360 e. The molecule has 7 unspecified atom stereocenters. The number of nitrogens with zero attached hydrogens (tertiary/aromatic N) is 1. The molecule has 1 N–H and O–H groups in total. The Balaban J connectivity index is 1.02. The summed E-state index contributed by atoms with van der Waals surface area (Å²) in [4.78, 5) is 2.80. The number of hydrogen-bond donors (Lipinski definition) is 1. The van der Waals surface area contributed by atoms with Crippen LogP contribution in [-0.2, 0) is 38.5 Å². The summed E-state index contributed by atoms with van der Waals surface area (Å²) in [6.07, 6.45) is 12.6. The van der Waals surface area contributed by atoms with Crippen LogP contribution in [0.15, 0.2) is 42.5 Å². The van der Waals surface area contributed by atoms with Gasteiger partial charge >= 0.3 is 11.4 Å². The Morgan fingerprint density at radius 1 is 1.04 bits per heavy atom. The highest BCUT2D eigenvalue weighted by atomic mass is 32.2. The molecule has 45 heavy (non-hydrogen) atoms. The Hall–Kier alpha value is -1.97. The molecular weight excluding hydrogens is 586 g/mol. The van der Waals surface area contributed by atoms with Crippen LogP contribution in [-0.4, -0.2) is 65.4 Å². The van der Waals surface area contributed by atoms with Crippen molar-refractivity contribution in [2.75, 3.05) is 33.4 Å². The fourth-order valence-corrected chi connectivity index (χ4v) is 11.4. The van der Waals surface area contributed by atoms with Crippen molar-refractivity contribution in [2.45, 2.75) is 107 Å². The third-order valence-electron chi connectivity index (χ3n) is 13.0. The van der Waals surface area contributed by atoms with Gasteiger partial charge in [0, 0.05) is 41.5 Å². The molecule has 0 aromatic heterocycles. The van der Waals surface area contributed by atoms with Crippen LogP contribution in [0.3, 0.4) is 0 Å². The molecule has 2 aliphatic heterocycles. The summed E-state index contributed by atoms with van der Waals surface area (Å²) >= 11 is -1.91. The van der Waals surface area contributed by atoms with Gasteiger partial charge in [-0.1, -0.05) is 56.2 Å². The number of benzene rings is 2. The van der Waals surface area contributed by atoms with E-state index in [0.29, 0.717) is 18.4 Å². The van der Waals surface area contributed by atoms with Crippen LogP contribution in [0.2, 0.25) is 0 Å². The van der Waals surface area contributed by atoms with Crippen LogP contribution in [0.25, 0.3) is 0 Å². The normalized spacial score (nSPS) is 36.4. The van der Waals surface area contributed by atoms with Gasteiger partial charge in [0.2, 0.25) is 0 Å². The van der Waals surface area contributed by atoms with Crippen molar-refractivity contribution < 1.29 is 27.2 Å². The highest BCUT2D eigenvalue weighted by Gasteiger charge is 2.83. The summed E-state index contributed by atoms with van der Waals surface area (Å²) in [5.41, 5.74) is 2.75. The monoisotopic (exact) mass is 635 g/mol. The largest absolute Gasteiger partial charge is 0.482 e. The van der Waals surface area contributed by atoms with E-state index in [9.17, 15) is 9.32 Å². The zero-order valence-electron chi connectivity index (χ0n) is 26.9. The topological polar surface area (TPSA) is 77.5 Å². The molecule has 7 nitrogen and oxygen atoms in total. The van der Waals surface area contributed by atoms with Crippen molar-refractivity contribution in [3.05, 3.63) is 59.2 Å². The first-order valence-electron chi connectivity index (χ1n) is 17.4. The fourth-order valence-electron chi connectivity index (χ4n) is 10.9. The van der Waals surface area contributed by atoms with E-state index in [4.69, 9.17) is 17.8 Å². The molecule has 2 aromatic rings. The van der Waals surface area contributed by atoms with Gasteiger partial charge in [0.05, 0.1) is 13.2 Å². The Kier molecular flexibility index (Phi) is 7.65. The quantitative estimate of drug-likeness (QED) is 0.253. The third kappa shape index (κ3) is 4.45. The predicted molar refractivity (Wildman–Crippen MR) is 173 cm³/mol. The average Bonchev–Trinajstić information content (AvgIpc) is 3.80. The molecule has 8 heteroatoms. The van der Waals surface area contributed by atoms with Gasteiger partial charge < -0.3 is 18.8 Å². The number of rotatable bonds is 14. The molecule has 7 atom stereocenters. The molecule has 5 aliphatic carbocycles. The standard InChI is InChI=1S/C37H49NO6S/c1-34(25-39)24-35-17-18-37(34,41-2)33-36(35)19-20-38(23-27-13-14-27)30(35)22-28-15-16-29(32(43-33)31(28)36)44-45(40)42-21-9-4-3-6-10-26-11-7-5-8-12-26/h5,7-8,11-12,15-16,27,30,33,39H,3-4,6,9-10,13-14,17-25H2,1-2H3. The average molecular weight is 636 g/mol. The van der Waals surface area contributed by atoms with Crippen LogP contribution < -0.4 is 8.92 Å². The highest BCUT2D eigenvalue weighted by molar-refractivity contribution is 7.75. The molecule has 0 radical (unpaired) electrons. The maximum absolute atomic E-state index is 13.1. The number of likely N-dealkylation sites (tertiary alicyclic amines) is 1. The van der Waals surface area contributed by atoms with Crippen molar-refractivity contribution in [1.29, 1.82) is 0 Å². The Morgan fingerprint density at radius 2 is 1.87 bits per heavy atom. The number of methoxy groups -OCH3 is 1. The molecule has 5 fully saturated rings. The number of aliphatic hydroxyl groups is 1. The van der Waals surface area contributed by atoms with E-state index in [1.54, 1.807) is 7.11 Å². The van der Waals surface area contributed by atoms with Crippen LogP contribution in [0.5, 0.6) is 11.5 Å². The fraction of sp³-hybridized carbons (Fsp3) is 0.676. The molecule has 9 rings (SSSR count). The van der Waals surface area contributed by atoms with Gasteiger partial charge in [-0.3, -0.25) is 9.08 Å². The third-order valence-corrected chi connectivity index (χ3v) is 13.7. The van der Waals surface area contributed by atoms with Gasteiger partial charge in [-0.15, -0.1) is 0 Å². The summed E-state index contributed by atoms with van der Waals surface area (Å²) in [6.45, 7) is 4.93. The van der Waals surface area contributed by atoms with Gasteiger partial charge in [0.25, 0.3) is 0 Å². The first-order chi connectivity index (χ1) is 21.9. The van der Waals surface area contributed by atoms with Crippen LogP contribution in [0.1, 0.15) is 87.8 Å². The first kappa shape index (κ1) is 30.4. The maximum atomic E-state index is 13.1. The van der Waals surface area contributed by atoms with Gasteiger partial charge in [0.15, 0.2) is 11.5 Å². The number of aryl methyl sites for hydroxylation is 1. The van der Waals surface area contributed by atoms with E-state index in [-0.39, 0.29) is 23.5 Å². The Morgan fingerprint density at radius 3 is 2.64 bits per heavy atom. The van der Waals surface area contributed by atoms with Gasteiger partial charge in [-0.25, -0.2) is 0 Å². The number of unbranched alkanes of at least 4 members (excludes halogenated alkanes) is 3. The summed E-state index contributed by atoms with van der Waals surface area (Å²) in [6, 6.07) is 15.1. The van der Waals surface area contributed by atoms with Gasteiger partial charge in [-0.2, -0.15) is 4.21 Å². The second-order valence-electron chi connectivity index (χ2n) is 15.2. The number of fused-ring (bicyclic) bond motifs is 2. The SMILES string of the molecule is COC12CCC3(CC1(C)CO)C1Cc4ccc(OS(=O)OCCCCCCc5ccccc5)c5c4C3(CCN1CC1CC1)C2O5. The molecule has 2 aromatic carbocycles. The lowest BCUT2D eigenvalue weighted by molar-refractivity contribution is -0.311. The number of ether oxygens (including phenoxy) is 2. The number of aliphatic hydroxyl groups excluding tert-OH is 1. The summed E-state index contributed by atoms with van der Waals surface area (Å²) < 4.78 is 38.4. The summed E-state index contributed by atoms with van der Waals surface area (Å²) in [7, 11) is 1.81. The van der Waals surface area contributed by atoms with Crippen molar-refractivity contribution in [3.63, 3.8) is 0 Å². The lowest BCUT2D eigenvalue weighted by Gasteiger charge is -2.76. The molecule has 4 saturated carbocycles. The second kappa shape index (κ2) is 11.3. The van der Waals surface area contributed by atoms with Gasteiger partial charge in [0.1, 0.15) is 11.7 Å². The van der Waals surface area contributed by atoms with E-state index >= 15 is 0 Å². The molecule has 244 valence electrons. The minimum absolute atomic E-state index is 0.00436. The zero-order chi connectivity index (χ0) is 30.9. The second-order valence-corrected chi connectivity index (χ2v) is 16.0. The van der Waals surface area contributed by atoms with Gasteiger partial charge in [-0.05, 0) is 93.9 Å². The summed E-state index contributed by atoms with van der Waals surface area (Å²) in [5, 5.41) is 11.0. The maximum Gasteiger partial charge on any atom is 0.360 e. The zero-order valence-corrected chi connectivity index (χ0v) is 27.7. The number of piperidine rings is 1. The Labute approximate surface area is 270 Å². The lowest BCUT2D eigenvalue weighted by atomic mass is 9.32. The minimum atomic E-state index is -1.91. The molecule has 2 spiro atoms. The minimum Gasteiger partial charge on any atom is -0.482 e. The van der Waals surface area contributed by atoms with E-state index in [1.807, 2.05) is 6.07 Å². The van der Waals surface area contributed by atoms with E-state index in [0.717, 1.165) is 82.4 Å². The molecule has 1 saturated heterocycles. The van der Waals surface area contributed by atoms with Crippen molar-refractivity contribution in [1.82, 2.24) is 4.90 Å². The molecule has 2 heterocycles. The predicted octanol–water partition coefficient (Wildman–Crippen LogP) is 6.07. The molecule has 0 amide bonds. The molecule has 4 bridgehead atoms. The van der Waals surface area contributed by atoms with Crippen molar-refractivity contribution in [3.8, 4) is 11.5 Å². The summed E-state index contributed by atoms with van der Waals surface area (Å²) in [5.74, 6) is 2.07. The molecule has 7 aliphatic rings. The number of hydrogen-bond acceptors (Lipinski definition) is 7.